The highest BCUT2D eigenvalue weighted by Gasteiger charge is 2.43. The van der Waals surface area contributed by atoms with E-state index in [1.54, 1.807) is 29.4 Å². The molecule has 150 valence electrons. The Morgan fingerprint density at radius 2 is 2.00 bits per heavy atom. The highest BCUT2D eigenvalue weighted by Crippen LogP contribution is 2.34. The van der Waals surface area contributed by atoms with Gasteiger partial charge in [-0.3, -0.25) is 19.4 Å². The summed E-state index contributed by atoms with van der Waals surface area (Å²) in [6.45, 7) is 2.37. The first-order chi connectivity index (χ1) is 13.6. The largest absolute Gasteiger partial charge is 0.374 e. The van der Waals surface area contributed by atoms with Gasteiger partial charge in [-0.1, -0.05) is 0 Å². The van der Waals surface area contributed by atoms with E-state index in [4.69, 9.17) is 4.74 Å². The van der Waals surface area contributed by atoms with Crippen molar-refractivity contribution in [3.63, 3.8) is 0 Å². The molecule has 8 heteroatoms. The lowest BCUT2D eigenvalue weighted by molar-refractivity contribution is -0.144. The SMILES string of the molecule is O=C1CN(C(=O)[C@H]2CC[C@H]3OCCN(C(=O)c4ccncc4)[C@@H]3C2)CCCN1. The van der Waals surface area contributed by atoms with E-state index < -0.39 is 0 Å². The Hall–Kier alpha value is -2.48. The van der Waals surface area contributed by atoms with Crippen molar-refractivity contribution in [2.24, 2.45) is 5.92 Å². The number of aromatic nitrogens is 1. The summed E-state index contributed by atoms with van der Waals surface area (Å²) in [4.78, 5) is 45.4. The number of rotatable bonds is 2. The van der Waals surface area contributed by atoms with Gasteiger partial charge in [0, 0.05) is 43.5 Å². The summed E-state index contributed by atoms with van der Waals surface area (Å²) in [5, 5.41) is 2.81. The van der Waals surface area contributed by atoms with Crippen LogP contribution < -0.4 is 5.32 Å². The molecule has 0 radical (unpaired) electrons. The van der Waals surface area contributed by atoms with E-state index in [0.717, 1.165) is 19.3 Å². The number of hydrogen-bond acceptors (Lipinski definition) is 5. The van der Waals surface area contributed by atoms with Crippen molar-refractivity contribution in [2.45, 2.75) is 37.8 Å². The van der Waals surface area contributed by atoms with Crippen LogP contribution in [0.2, 0.25) is 0 Å². The number of morpholine rings is 1. The van der Waals surface area contributed by atoms with Gasteiger partial charge in [0.05, 0.1) is 25.3 Å². The minimum absolute atomic E-state index is 0.0254. The summed E-state index contributed by atoms with van der Waals surface area (Å²) in [5.74, 6) is -0.294. The van der Waals surface area contributed by atoms with Crippen LogP contribution in [0.15, 0.2) is 24.5 Å². The zero-order chi connectivity index (χ0) is 19.5. The minimum atomic E-state index is -0.179. The number of carbonyl (C=O) groups is 3. The molecular weight excluding hydrogens is 360 g/mol. The van der Waals surface area contributed by atoms with Gasteiger partial charge in [0.2, 0.25) is 11.8 Å². The van der Waals surface area contributed by atoms with E-state index in [1.165, 1.54) is 0 Å². The first-order valence-corrected chi connectivity index (χ1v) is 10.0. The molecule has 1 aromatic rings. The van der Waals surface area contributed by atoms with E-state index in [0.29, 0.717) is 38.2 Å². The summed E-state index contributed by atoms with van der Waals surface area (Å²) in [6, 6.07) is 3.32. The highest BCUT2D eigenvalue weighted by molar-refractivity contribution is 5.94. The molecule has 28 heavy (non-hydrogen) atoms. The molecule has 3 aliphatic rings. The maximum Gasteiger partial charge on any atom is 0.254 e. The molecule has 2 saturated heterocycles. The van der Waals surface area contributed by atoms with E-state index in [2.05, 4.69) is 10.3 Å². The third-order valence-electron chi connectivity index (χ3n) is 5.93. The van der Waals surface area contributed by atoms with Crippen LogP contribution >= 0.6 is 0 Å². The van der Waals surface area contributed by atoms with Gasteiger partial charge in [0.15, 0.2) is 0 Å². The van der Waals surface area contributed by atoms with Gasteiger partial charge in [-0.15, -0.1) is 0 Å². The molecule has 1 aliphatic carbocycles. The second kappa shape index (κ2) is 8.26. The van der Waals surface area contributed by atoms with E-state index >= 15 is 0 Å². The summed E-state index contributed by atoms with van der Waals surface area (Å²) >= 11 is 0. The summed E-state index contributed by atoms with van der Waals surface area (Å²) < 4.78 is 5.91. The average Bonchev–Trinajstić information content (AvgIpc) is 2.97. The Bertz CT molecular complexity index is 741. The predicted molar refractivity (Wildman–Crippen MR) is 100 cm³/mol. The summed E-state index contributed by atoms with van der Waals surface area (Å²) in [7, 11) is 0. The van der Waals surface area contributed by atoms with Crippen LogP contribution in [0, 0.1) is 5.92 Å². The molecular formula is C20H26N4O4. The van der Waals surface area contributed by atoms with Gasteiger partial charge in [0.1, 0.15) is 0 Å². The Kier molecular flexibility index (Phi) is 5.57. The third-order valence-corrected chi connectivity index (χ3v) is 5.93. The number of carbonyl (C=O) groups excluding carboxylic acids is 3. The molecule has 0 spiro atoms. The topological polar surface area (TPSA) is 91.8 Å². The van der Waals surface area contributed by atoms with Crippen molar-refractivity contribution in [1.29, 1.82) is 0 Å². The zero-order valence-electron chi connectivity index (χ0n) is 15.9. The van der Waals surface area contributed by atoms with Crippen molar-refractivity contribution in [2.75, 3.05) is 32.8 Å². The van der Waals surface area contributed by atoms with Crippen LogP contribution in [-0.2, 0) is 14.3 Å². The fourth-order valence-electron chi connectivity index (χ4n) is 4.50. The lowest BCUT2D eigenvalue weighted by Crippen LogP contribution is -2.57. The van der Waals surface area contributed by atoms with Crippen LogP contribution in [0.4, 0.5) is 0 Å². The molecule has 3 fully saturated rings. The number of nitrogens with one attached hydrogen (secondary N) is 1. The smallest absolute Gasteiger partial charge is 0.254 e. The molecule has 3 atom stereocenters. The second-order valence-electron chi connectivity index (χ2n) is 7.68. The van der Waals surface area contributed by atoms with Crippen molar-refractivity contribution < 1.29 is 19.1 Å². The maximum absolute atomic E-state index is 13.1. The molecule has 1 saturated carbocycles. The van der Waals surface area contributed by atoms with Crippen molar-refractivity contribution in [3.05, 3.63) is 30.1 Å². The van der Waals surface area contributed by atoms with Crippen molar-refractivity contribution in [3.8, 4) is 0 Å². The molecule has 0 bridgehead atoms. The number of ether oxygens (including phenoxy) is 1. The van der Waals surface area contributed by atoms with E-state index in [-0.39, 0.29) is 42.3 Å². The normalized spacial score (nSPS) is 28.1. The zero-order valence-corrected chi connectivity index (χ0v) is 15.9. The second-order valence-corrected chi connectivity index (χ2v) is 7.68. The Balaban J connectivity index is 1.48. The minimum Gasteiger partial charge on any atom is -0.374 e. The number of hydrogen-bond donors (Lipinski definition) is 1. The first-order valence-electron chi connectivity index (χ1n) is 10.0. The molecule has 3 heterocycles. The lowest BCUT2D eigenvalue weighted by Gasteiger charge is -2.46. The fourth-order valence-corrected chi connectivity index (χ4v) is 4.50. The lowest BCUT2D eigenvalue weighted by atomic mass is 9.81. The van der Waals surface area contributed by atoms with Crippen LogP contribution in [0.3, 0.4) is 0 Å². The van der Waals surface area contributed by atoms with Crippen LogP contribution in [-0.4, -0.2) is 77.4 Å². The van der Waals surface area contributed by atoms with Crippen molar-refractivity contribution >= 4 is 17.7 Å². The highest BCUT2D eigenvalue weighted by atomic mass is 16.5. The van der Waals surface area contributed by atoms with Crippen LogP contribution in [0.5, 0.6) is 0 Å². The van der Waals surface area contributed by atoms with Gasteiger partial charge >= 0.3 is 0 Å². The van der Waals surface area contributed by atoms with Crippen molar-refractivity contribution in [1.82, 2.24) is 20.1 Å². The van der Waals surface area contributed by atoms with Gasteiger partial charge in [-0.2, -0.15) is 0 Å². The number of amides is 3. The molecule has 1 aromatic heterocycles. The fraction of sp³-hybridized carbons (Fsp3) is 0.600. The predicted octanol–water partition coefficient (Wildman–Crippen LogP) is 0.440. The van der Waals surface area contributed by atoms with Gasteiger partial charge in [-0.05, 0) is 37.8 Å². The molecule has 0 aromatic carbocycles. The van der Waals surface area contributed by atoms with Crippen LogP contribution in [0.1, 0.15) is 36.0 Å². The Morgan fingerprint density at radius 1 is 1.18 bits per heavy atom. The molecule has 2 aliphatic heterocycles. The Morgan fingerprint density at radius 3 is 2.82 bits per heavy atom. The maximum atomic E-state index is 13.1. The number of fused-ring (bicyclic) bond motifs is 1. The van der Waals surface area contributed by atoms with Gasteiger partial charge in [0.25, 0.3) is 5.91 Å². The van der Waals surface area contributed by atoms with Gasteiger partial charge < -0.3 is 19.9 Å². The quantitative estimate of drug-likeness (QED) is 0.796. The molecule has 3 amide bonds. The van der Waals surface area contributed by atoms with Gasteiger partial charge in [-0.25, -0.2) is 0 Å². The monoisotopic (exact) mass is 386 g/mol. The number of pyridine rings is 1. The third kappa shape index (κ3) is 3.87. The molecule has 4 rings (SSSR count). The van der Waals surface area contributed by atoms with Crippen LogP contribution in [0.25, 0.3) is 0 Å². The summed E-state index contributed by atoms with van der Waals surface area (Å²) in [6.07, 6.45) is 6.03. The first kappa shape index (κ1) is 18.9. The number of nitrogens with zero attached hydrogens (tertiary/aromatic N) is 3. The Labute approximate surface area is 164 Å². The summed E-state index contributed by atoms with van der Waals surface area (Å²) in [5.41, 5.74) is 0.605. The van der Waals surface area contributed by atoms with E-state index in [9.17, 15) is 14.4 Å². The van der Waals surface area contributed by atoms with E-state index in [1.807, 2.05) is 4.90 Å². The standard InChI is InChI=1S/C20H26N4O4/c25-18-13-23(9-1-6-22-18)19(26)15-2-3-17-16(12-15)24(10-11-28-17)20(27)14-4-7-21-8-5-14/h4-5,7-8,15-17H,1-3,6,9-13H2,(H,22,25)/t15-,16+,17+/m0/s1. The average molecular weight is 386 g/mol. The molecule has 1 N–H and O–H groups in total. The molecule has 8 nitrogen and oxygen atoms in total. The molecule has 0 unspecified atom stereocenters.